The molecule has 0 aliphatic rings. The second-order valence-corrected chi connectivity index (χ2v) is 5.41. The Hall–Kier alpha value is -1.39. The van der Waals surface area contributed by atoms with Crippen molar-refractivity contribution in [1.82, 2.24) is 4.90 Å². The number of aryl methyl sites for hydroxylation is 1. The summed E-state index contributed by atoms with van der Waals surface area (Å²) in [6.45, 7) is 3.73. The van der Waals surface area contributed by atoms with Crippen LogP contribution in [0.25, 0.3) is 0 Å². The predicted octanol–water partition coefficient (Wildman–Crippen LogP) is 1.14. The first-order chi connectivity index (χ1) is 10.1. The highest BCUT2D eigenvalue weighted by atomic mass is 32.1. The third-order valence-electron chi connectivity index (χ3n) is 2.83. The molecule has 0 atom stereocenters. The molecule has 0 spiro atoms. The number of hydrogen-bond acceptors (Lipinski definition) is 5. The van der Waals surface area contributed by atoms with Crippen molar-refractivity contribution in [2.45, 2.75) is 6.92 Å². The zero-order chi connectivity index (χ0) is 15.7. The van der Waals surface area contributed by atoms with Gasteiger partial charge in [0.1, 0.15) is 6.61 Å². The van der Waals surface area contributed by atoms with Gasteiger partial charge in [0.25, 0.3) is 5.91 Å². The fourth-order valence-electron chi connectivity index (χ4n) is 1.71. The number of methoxy groups -OCH3 is 2. The summed E-state index contributed by atoms with van der Waals surface area (Å²) in [6, 6.07) is 1.83. The summed E-state index contributed by atoms with van der Waals surface area (Å²) < 4.78 is 10.1. The van der Waals surface area contributed by atoms with Crippen molar-refractivity contribution >= 4 is 17.2 Å². The molecular weight excluding hydrogens is 290 g/mol. The molecular formula is C15H21NO4S. The molecule has 0 aliphatic heterocycles. The van der Waals surface area contributed by atoms with E-state index in [1.165, 1.54) is 11.3 Å². The first-order valence-electron chi connectivity index (χ1n) is 6.61. The summed E-state index contributed by atoms with van der Waals surface area (Å²) in [6.07, 6.45) is 0. The topological polar surface area (TPSA) is 59.0 Å². The minimum atomic E-state index is -0.186. The van der Waals surface area contributed by atoms with Crippen molar-refractivity contribution in [3.8, 4) is 11.8 Å². The highest BCUT2D eigenvalue weighted by molar-refractivity contribution is 7.14. The number of aliphatic hydroxyl groups is 1. The van der Waals surface area contributed by atoms with E-state index in [1.807, 2.05) is 13.0 Å². The molecule has 116 valence electrons. The summed E-state index contributed by atoms with van der Waals surface area (Å²) in [5.74, 6) is 5.42. The van der Waals surface area contributed by atoms with E-state index < -0.39 is 0 Å². The van der Waals surface area contributed by atoms with Crippen LogP contribution in [0.5, 0.6) is 0 Å². The summed E-state index contributed by atoms with van der Waals surface area (Å²) in [4.78, 5) is 15.7. The molecule has 1 aromatic heterocycles. The minimum absolute atomic E-state index is 0.0470. The van der Waals surface area contributed by atoms with E-state index in [0.717, 1.165) is 10.4 Å². The average Bonchev–Trinajstić information content (AvgIpc) is 2.86. The maximum atomic E-state index is 12.5. The number of carbonyl (C=O) groups excluding carboxylic acids is 1. The zero-order valence-electron chi connectivity index (χ0n) is 12.6. The van der Waals surface area contributed by atoms with Gasteiger partial charge in [-0.25, -0.2) is 0 Å². The number of nitrogens with zero attached hydrogens (tertiary/aromatic N) is 1. The smallest absolute Gasteiger partial charge is 0.264 e. The molecule has 0 aliphatic carbocycles. The largest absolute Gasteiger partial charge is 0.384 e. The molecule has 0 saturated carbocycles. The zero-order valence-corrected chi connectivity index (χ0v) is 13.5. The van der Waals surface area contributed by atoms with Crippen LogP contribution in [0.1, 0.15) is 20.1 Å². The summed E-state index contributed by atoms with van der Waals surface area (Å²) in [5.41, 5.74) is 0.947. The van der Waals surface area contributed by atoms with E-state index in [1.54, 1.807) is 19.1 Å². The third-order valence-corrected chi connectivity index (χ3v) is 3.97. The van der Waals surface area contributed by atoms with E-state index in [4.69, 9.17) is 14.6 Å². The molecule has 1 heterocycles. The van der Waals surface area contributed by atoms with Gasteiger partial charge in [-0.15, -0.1) is 11.3 Å². The summed E-state index contributed by atoms with van der Waals surface area (Å²) in [7, 11) is 3.22. The lowest BCUT2D eigenvalue weighted by molar-refractivity contribution is 0.0632. The lowest BCUT2D eigenvalue weighted by atomic mass is 10.2. The maximum Gasteiger partial charge on any atom is 0.264 e. The van der Waals surface area contributed by atoms with Crippen LogP contribution in [-0.2, 0) is 9.47 Å². The van der Waals surface area contributed by atoms with Gasteiger partial charge in [0, 0.05) is 27.3 Å². The van der Waals surface area contributed by atoms with Crippen molar-refractivity contribution in [3.05, 3.63) is 21.4 Å². The molecule has 0 unspecified atom stereocenters. The van der Waals surface area contributed by atoms with Gasteiger partial charge >= 0.3 is 0 Å². The van der Waals surface area contributed by atoms with E-state index in [0.29, 0.717) is 31.2 Å². The average molecular weight is 311 g/mol. The molecule has 21 heavy (non-hydrogen) atoms. The van der Waals surface area contributed by atoms with Crippen molar-refractivity contribution < 1.29 is 19.4 Å². The molecule has 1 amide bonds. The number of rotatable bonds is 7. The van der Waals surface area contributed by atoms with Crippen LogP contribution in [0, 0.1) is 18.8 Å². The van der Waals surface area contributed by atoms with Gasteiger partial charge in [-0.3, -0.25) is 4.79 Å². The number of carbonyl (C=O) groups is 1. The Labute approximate surface area is 129 Å². The molecule has 0 radical (unpaired) electrons. The SMILES string of the molecule is COCCN(CCOC)C(=O)c1cc(C)c(C#CCO)s1. The molecule has 1 N–H and O–H groups in total. The fourth-order valence-corrected chi connectivity index (χ4v) is 2.72. The van der Waals surface area contributed by atoms with Crippen molar-refractivity contribution in [2.24, 2.45) is 0 Å². The Morgan fingerprint density at radius 1 is 1.33 bits per heavy atom. The summed E-state index contributed by atoms with van der Waals surface area (Å²) in [5, 5.41) is 8.74. The van der Waals surface area contributed by atoms with E-state index in [2.05, 4.69) is 11.8 Å². The van der Waals surface area contributed by atoms with Gasteiger partial charge in [-0.05, 0) is 18.6 Å². The molecule has 5 nitrogen and oxygen atoms in total. The lowest BCUT2D eigenvalue weighted by Gasteiger charge is -2.21. The third kappa shape index (κ3) is 5.48. The second-order valence-electron chi connectivity index (χ2n) is 4.36. The number of aliphatic hydroxyl groups excluding tert-OH is 1. The van der Waals surface area contributed by atoms with Crippen LogP contribution >= 0.6 is 11.3 Å². The van der Waals surface area contributed by atoms with E-state index >= 15 is 0 Å². The van der Waals surface area contributed by atoms with Crippen LogP contribution in [0.2, 0.25) is 0 Å². The van der Waals surface area contributed by atoms with Gasteiger partial charge in [-0.2, -0.15) is 0 Å². The van der Waals surface area contributed by atoms with Crippen LogP contribution in [0.4, 0.5) is 0 Å². The van der Waals surface area contributed by atoms with E-state index in [-0.39, 0.29) is 12.5 Å². The first-order valence-corrected chi connectivity index (χ1v) is 7.43. The molecule has 6 heteroatoms. The number of ether oxygens (including phenoxy) is 2. The Balaban J connectivity index is 2.86. The molecule has 0 saturated heterocycles. The van der Waals surface area contributed by atoms with Crippen LogP contribution < -0.4 is 0 Å². The van der Waals surface area contributed by atoms with Crippen LogP contribution in [0.3, 0.4) is 0 Å². The first kappa shape index (κ1) is 17.7. The minimum Gasteiger partial charge on any atom is -0.384 e. The predicted molar refractivity (Wildman–Crippen MR) is 82.7 cm³/mol. The highest BCUT2D eigenvalue weighted by Gasteiger charge is 2.18. The van der Waals surface area contributed by atoms with Crippen LogP contribution in [-0.4, -0.2) is 63.0 Å². The van der Waals surface area contributed by atoms with Crippen LogP contribution in [0.15, 0.2) is 6.07 Å². The van der Waals surface area contributed by atoms with Crippen molar-refractivity contribution in [1.29, 1.82) is 0 Å². The second kappa shape index (κ2) is 9.53. The van der Waals surface area contributed by atoms with Gasteiger partial charge in [-0.1, -0.05) is 11.8 Å². The number of amides is 1. The number of hydrogen-bond donors (Lipinski definition) is 1. The van der Waals surface area contributed by atoms with Gasteiger partial charge in [0.05, 0.1) is 23.0 Å². The quantitative estimate of drug-likeness (QED) is 0.767. The Kier molecular flexibility index (Phi) is 8.01. The Bertz CT molecular complexity index is 507. The van der Waals surface area contributed by atoms with E-state index in [9.17, 15) is 4.79 Å². The van der Waals surface area contributed by atoms with Gasteiger partial charge < -0.3 is 19.5 Å². The lowest BCUT2D eigenvalue weighted by Crippen LogP contribution is -2.36. The normalized spacial score (nSPS) is 10.1. The fraction of sp³-hybridized carbons (Fsp3) is 0.533. The highest BCUT2D eigenvalue weighted by Crippen LogP contribution is 2.22. The Morgan fingerprint density at radius 3 is 2.48 bits per heavy atom. The standard InChI is InChI=1S/C15H21NO4S/c1-12-11-14(21-13(12)5-4-8-17)15(18)16(6-9-19-2)7-10-20-3/h11,17H,6-10H2,1-3H3. The van der Waals surface area contributed by atoms with Crippen molar-refractivity contribution in [3.63, 3.8) is 0 Å². The van der Waals surface area contributed by atoms with Crippen molar-refractivity contribution in [2.75, 3.05) is 47.1 Å². The van der Waals surface area contributed by atoms with Gasteiger partial charge in [0.15, 0.2) is 0 Å². The molecule has 0 bridgehead atoms. The van der Waals surface area contributed by atoms with Gasteiger partial charge in [0.2, 0.25) is 0 Å². The summed E-state index contributed by atoms with van der Waals surface area (Å²) >= 11 is 1.35. The Morgan fingerprint density at radius 2 is 1.95 bits per heavy atom. The monoisotopic (exact) mass is 311 g/mol. The molecule has 0 aromatic carbocycles. The molecule has 0 fully saturated rings. The molecule has 1 rings (SSSR count). The maximum absolute atomic E-state index is 12.5. The molecule has 1 aromatic rings. The number of thiophene rings is 1.